The number of fused-ring (bicyclic) bond motifs is 1. The lowest BCUT2D eigenvalue weighted by Crippen LogP contribution is -2.57. The summed E-state index contributed by atoms with van der Waals surface area (Å²) in [6.07, 6.45) is 0.933. The van der Waals surface area contributed by atoms with Gasteiger partial charge in [0.15, 0.2) is 0 Å². The number of carbonyl (C=O) groups excluding carboxylic acids is 3. The van der Waals surface area contributed by atoms with Crippen molar-refractivity contribution in [3.63, 3.8) is 0 Å². The average molecular weight is 540 g/mol. The zero-order valence-electron chi connectivity index (χ0n) is 20.7. The van der Waals surface area contributed by atoms with Crippen molar-refractivity contribution in [3.05, 3.63) is 65.9 Å². The van der Waals surface area contributed by atoms with Gasteiger partial charge < -0.3 is 42.0 Å². The van der Waals surface area contributed by atoms with Gasteiger partial charge in [0.05, 0.1) is 12.5 Å². The van der Waals surface area contributed by atoms with Crippen LogP contribution in [0.5, 0.6) is 5.75 Å². The summed E-state index contributed by atoms with van der Waals surface area (Å²) in [5.41, 5.74) is 7.69. The summed E-state index contributed by atoms with van der Waals surface area (Å²) in [4.78, 5) is 64.0. The van der Waals surface area contributed by atoms with Gasteiger partial charge in [-0.3, -0.25) is 24.0 Å². The molecule has 3 amide bonds. The topological polar surface area (TPSA) is 224 Å². The highest BCUT2D eigenvalue weighted by molar-refractivity contribution is 5.95. The number of phenols is 1. The van der Waals surface area contributed by atoms with E-state index in [1.807, 2.05) is 18.2 Å². The maximum absolute atomic E-state index is 13.4. The molecule has 0 radical (unpaired) electrons. The Morgan fingerprint density at radius 1 is 0.821 bits per heavy atom. The van der Waals surface area contributed by atoms with Gasteiger partial charge in [0.1, 0.15) is 24.4 Å². The first-order valence-electron chi connectivity index (χ1n) is 11.9. The molecule has 13 heteroatoms. The molecule has 0 bridgehead atoms. The first-order valence-corrected chi connectivity index (χ1v) is 11.9. The molecular weight excluding hydrogens is 510 g/mol. The number of aliphatic carboxylic acids is 2. The number of carboxylic acids is 2. The number of H-pyrrole nitrogens is 1. The molecule has 0 saturated heterocycles. The Morgan fingerprint density at radius 3 is 2.13 bits per heavy atom. The second kappa shape index (κ2) is 13.1. The number of aromatic nitrogens is 1. The molecule has 3 atom stereocenters. The molecule has 1 heterocycles. The Labute approximate surface area is 222 Å². The number of rotatable bonds is 13. The summed E-state index contributed by atoms with van der Waals surface area (Å²) in [7, 11) is 0. The SMILES string of the molecule is NC(CC(=O)O)C(=O)NC(Cc1ccc(O)cc1)C(=O)NC(Cc1c[nH]c2ccccc12)C(=O)NCC(=O)O. The zero-order chi connectivity index (χ0) is 28.5. The van der Waals surface area contributed by atoms with Crippen LogP contribution in [0.4, 0.5) is 0 Å². The Morgan fingerprint density at radius 2 is 1.46 bits per heavy atom. The van der Waals surface area contributed by atoms with E-state index in [-0.39, 0.29) is 18.6 Å². The number of nitrogens with one attached hydrogen (secondary N) is 4. The molecule has 0 aliphatic carbocycles. The van der Waals surface area contributed by atoms with Crippen LogP contribution in [0.2, 0.25) is 0 Å². The van der Waals surface area contributed by atoms with Crippen LogP contribution in [0.15, 0.2) is 54.7 Å². The molecule has 39 heavy (non-hydrogen) atoms. The molecule has 13 nitrogen and oxygen atoms in total. The number of nitrogens with two attached hydrogens (primary N) is 1. The maximum Gasteiger partial charge on any atom is 0.322 e. The number of amides is 3. The molecule has 0 spiro atoms. The predicted octanol–water partition coefficient (Wildman–Crippen LogP) is -0.369. The van der Waals surface area contributed by atoms with Crippen LogP contribution in [-0.4, -0.2) is 74.6 Å². The minimum absolute atomic E-state index is 0.000387. The third-order valence-corrected chi connectivity index (χ3v) is 5.89. The third-order valence-electron chi connectivity index (χ3n) is 5.89. The summed E-state index contributed by atoms with van der Waals surface area (Å²) in [5, 5.41) is 35.6. The van der Waals surface area contributed by atoms with Crippen LogP contribution in [-0.2, 0) is 36.8 Å². The molecule has 3 aromatic rings. The van der Waals surface area contributed by atoms with Crippen molar-refractivity contribution in [2.45, 2.75) is 37.4 Å². The molecule has 0 aliphatic rings. The smallest absolute Gasteiger partial charge is 0.322 e. The van der Waals surface area contributed by atoms with Gasteiger partial charge in [0.25, 0.3) is 0 Å². The highest BCUT2D eigenvalue weighted by Crippen LogP contribution is 2.19. The van der Waals surface area contributed by atoms with Gasteiger partial charge in [-0.05, 0) is 29.3 Å². The first kappa shape index (κ1) is 28.7. The number of aromatic hydroxyl groups is 1. The molecule has 0 saturated carbocycles. The van der Waals surface area contributed by atoms with E-state index in [4.69, 9.17) is 15.9 Å². The van der Waals surface area contributed by atoms with Gasteiger partial charge in [-0.2, -0.15) is 0 Å². The van der Waals surface area contributed by atoms with Crippen LogP contribution in [0.1, 0.15) is 17.5 Å². The third kappa shape index (κ3) is 8.30. The average Bonchev–Trinajstić information content (AvgIpc) is 3.30. The standard InChI is InChI=1S/C26H29N5O8/c27-18(11-22(33)34)24(37)30-20(9-14-5-7-16(32)8-6-14)26(39)31-21(25(38)29-13-23(35)36)10-15-12-28-19-4-2-1-3-17(15)19/h1-8,12,18,20-21,28,32H,9-11,13,27H2,(H,29,38)(H,30,37)(H,31,39)(H,33,34)(H,35,36). The van der Waals surface area contributed by atoms with Crippen molar-refractivity contribution < 1.29 is 39.3 Å². The quantitative estimate of drug-likeness (QED) is 0.142. The van der Waals surface area contributed by atoms with Crippen molar-refractivity contribution in [1.29, 1.82) is 0 Å². The lowest BCUT2D eigenvalue weighted by molar-refractivity contribution is -0.139. The lowest BCUT2D eigenvalue weighted by atomic mass is 10.0. The van der Waals surface area contributed by atoms with Crippen molar-refractivity contribution in [3.8, 4) is 5.75 Å². The van der Waals surface area contributed by atoms with Crippen molar-refractivity contribution in [2.24, 2.45) is 5.73 Å². The number of aromatic amines is 1. The van der Waals surface area contributed by atoms with Gasteiger partial charge in [0.2, 0.25) is 17.7 Å². The van der Waals surface area contributed by atoms with Crippen molar-refractivity contribution in [2.75, 3.05) is 6.54 Å². The van der Waals surface area contributed by atoms with Crippen LogP contribution >= 0.6 is 0 Å². The second-order valence-corrected chi connectivity index (χ2v) is 8.87. The van der Waals surface area contributed by atoms with Crippen molar-refractivity contribution >= 4 is 40.6 Å². The summed E-state index contributed by atoms with van der Waals surface area (Å²) < 4.78 is 0. The van der Waals surface area contributed by atoms with E-state index in [1.165, 1.54) is 24.3 Å². The first-order chi connectivity index (χ1) is 18.5. The number of benzene rings is 2. The number of para-hydroxylation sites is 1. The minimum Gasteiger partial charge on any atom is -0.508 e. The van der Waals surface area contributed by atoms with E-state index < -0.39 is 60.8 Å². The van der Waals surface area contributed by atoms with E-state index in [0.717, 1.165) is 10.9 Å². The van der Waals surface area contributed by atoms with E-state index in [9.17, 15) is 29.1 Å². The molecule has 1 aromatic heterocycles. The number of carboxylic acid groups (broad SMARTS) is 2. The Kier molecular flexibility index (Phi) is 9.59. The Balaban J connectivity index is 1.85. The van der Waals surface area contributed by atoms with E-state index in [2.05, 4.69) is 20.9 Å². The fourth-order valence-corrected chi connectivity index (χ4v) is 3.92. The molecule has 0 fully saturated rings. The van der Waals surface area contributed by atoms with Gasteiger partial charge in [-0.15, -0.1) is 0 Å². The molecule has 206 valence electrons. The van der Waals surface area contributed by atoms with Crippen LogP contribution in [0.3, 0.4) is 0 Å². The molecule has 2 aromatic carbocycles. The largest absolute Gasteiger partial charge is 0.508 e. The van der Waals surface area contributed by atoms with Gasteiger partial charge in [0, 0.05) is 29.9 Å². The van der Waals surface area contributed by atoms with Gasteiger partial charge in [-0.25, -0.2) is 0 Å². The van der Waals surface area contributed by atoms with Gasteiger partial charge in [-0.1, -0.05) is 30.3 Å². The number of hydrogen-bond donors (Lipinski definition) is 8. The normalized spacial score (nSPS) is 13.2. The Bertz CT molecular complexity index is 1350. The number of carbonyl (C=O) groups is 5. The molecule has 3 unspecified atom stereocenters. The van der Waals surface area contributed by atoms with Crippen LogP contribution in [0, 0.1) is 0 Å². The van der Waals surface area contributed by atoms with E-state index in [0.29, 0.717) is 11.1 Å². The van der Waals surface area contributed by atoms with Gasteiger partial charge >= 0.3 is 11.9 Å². The zero-order valence-corrected chi connectivity index (χ0v) is 20.7. The lowest BCUT2D eigenvalue weighted by Gasteiger charge is -2.24. The number of hydrogen-bond acceptors (Lipinski definition) is 7. The number of phenolic OH excluding ortho intramolecular Hbond substituents is 1. The molecule has 3 rings (SSSR count). The summed E-state index contributed by atoms with van der Waals surface area (Å²) in [6.45, 7) is -0.670. The van der Waals surface area contributed by atoms with Crippen molar-refractivity contribution in [1.82, 2.24) is 20.9 Å². The fraction of sp³-hybridized carbons (Fsp3) is 0.269. The summed E-state index contributed by atoms with van der Waals surface area (Å²) in [5.74, 6) is -5.01. The second-order valence-electron chi connectivity index (χ2n) is 8.87. The monoisotopic (exact) mass is 539 g/mol. The molecular formula is C26H29N5O8. The highest BCUT2D eigenvalue weighted by Gasteiger charge is 2.30. The van der Waals surface area contributed by atoms with Crippen LogP contribution in [0.25, 0.3) is 10.9 Å². The Hall–Kier alpha value is -4.91. The minimum atomic E-state index is -1.43. The summed E-state index contributed by atoms with van der Waals surface area (Å²) in [6, 6.07) is 9.20. The van der Waals surface area contributed by atoms with E-state index >= 15 is 0 Å². The fourth-order valence-electron chi connectivity index (χ4n) is 3.92. The summed E-state index contributed by atoms with van der Waals surface area (Å²) >= 11 is 0. The maximum atomic E-state index is 13.4. The van der Waals surface area contributed by atoms with Crippen LogP contribution < -0.4 is 21.7 Å². The molecule has 0 aliphatic heterocycles. The molecule has 9 N–H and O–H groups in total. The van der Waals surface area contributed by atoms with E-state index in [1.54, 1.807) is 12.3 Å². The highest BCUT2D eigenvalue weighted by atomic mass is 16.4. The predicted molar refractivity (Wildman–Crippen MR) is 139 cm³/mol.